The molecule has 0 fully saturated rings. The van der Waals surface area contributed by atoms with Gasteiger partial charge in [-0.15, -0.1) is 10.2 Å². The highest BCUT2D eigenvalue weighted by molar-refractivity contribution is 7.89. The highest BCUT2D eigenvalue weighted by atomic mass is 32.2. The molecule has 3 aromatic rings. The Morgan fingerprint density at radius 1 is 1.05 bits per heavy atom. The summed E-state index contributed by atoms with van der Waals surface area (Å²) >= 11 is 0. The maximum Gasteiger partial charge on any atom is 0.257 e. The standard InChI is InChI=1S/C26H25FN8O4S/c1-16-30-32-35(31-16)15-19-8-17(10-28)2-3-18(19)4-7-25(36)33-11-20-13-34(14-21(20)12-33)26(37)23-6-5-22(9-24(23)27)40(29,38)39/h2-3,5-6,8-9H,4,7,11-15H2,1H3,(H2,29,38,39). The van der Waals surface area contributed by atoms with Gasteiger partial charge in [-0.05, 0) is 71.2 Å². The van der Waals surface area contributed by atoms with Crippen molar-refractivity contribution in [2.45, 2.75) is 31.2 Å². The lowest BCUT2D eigenvalue weighted by molar-refractivity contribution is -0.130. The van der Waals surface area contributed by atoms with Gasteiger partial charge in [0.15, 0.2) is 5.82 Å². The minimum atomic E-state index is -4.09. The summed E-state index contributed by atoms with van der Waals surface area (Å²) in [5.74, 6) is -1.02. The number of carbonyl (C=O) groups is 2. The van der Waals surface area contributed by atoms with Gasteiger partial charge in [-0.1, -0.05) is 6.07 Å². The van der Waals surface area contributed by atoms with Gasteiger partial charge in [-0.2, -0.15) is 10.1 Å². The first-order valence-corrected chi connectivity index (χ1v) is 13.9. The minimum Gasteiger partial charge on any atom is -0.335 e. The van der Waals surface area contributed by atoms with Gasteiger partial charge < -0.3 is 9.80 Å². The first-order chi connectivity index (χ1) is 19.0. The second kappa shape index (κ2) is 10.6. The number of rotatable bonds is 7. The molecule has 0 bridgehead atoms. The summed E-state index contributed by atoms with van der Waals surface area (Å²) in [6.45, 7) is 3.35. The average molecular weight is 565 g/mol. The van der Waals surface area contributed by atoms with Gasteiger partial charge in [0, 0.05) is 32.6 Å². The van der Waals surface area contributed by atoms with Gasteiger partial charge in [0.1, 0.15) is 5.82 Å². The smallest absolute Gasteiger partial charge is 0.257 e. The van der Waals surface area contributed by atoms with Crippen LogP contribution < -0.4 is 5.14 Å². The molecule has 2 N–H and O–H groups in total. The molecule has 1 aromatic heterocycles. The summed E-state index contributed by atoms with van der Waals surface area (Å²) in [6.07, 6.45) is 0.723. The van der Waals surface area contributed by atoms with Crippen molar-refractivity contribution in [1.82, 2.24) is 30.0 Å². The maximum absolute atomic E-state index is 14.5. The molecule has 3 heterocycles. The normalized spacial score (nSPS) is 14.9. The van der Waals surface area contributed by atoms with Crippen molar-refractivity contribution in [2.75, 3.05) is 26.2 Å². The molecule has 5 rings (SSSR count). The molecule has 0 spiro atoms. The van der Waals surface area contributed by atoms with Crippen LogP contribution in [0.1, 0.15) is 39.3 Å². The predicted octanol–water partition coefficient (Wildman–Crippen LogP) is 0.915. The number of hydrogen-bond donors (Lipinski definition) is 1. The summed E-state index contributed by atoms with van der Waals surface area (Å²) in [5.41, 5.74) is 3.89. The van der Waals surface area contributed by atoms with Crippen molar-refractivity contribution in [2.24, 2.45) is 5.14 Å². The maximum atomic E-state index is 14.5. The van der Waals surface area contributed by atoms with Crippen LogP contribution in [0.3, 0.4) is 0 Å². The third-order valence-electron chi connectivity index (χ3n) is 6.97. The third-order valence-corrected chi connectivity index (χ3v) is 7.89. The monoisotopic (exact) mass is 564 g/mol. The highest BCUT2D eigenvalue weighted by Crippen LogP contribution is 2.28. The van der Waals surface area contributed by atoms with Gasteiger partial charge in [0.05, 0.1) is 28.6 Å². The minimum absolute atomic E-state index is 0.0399. The van der Waals surface area contributed by atoms with Gasteiger partial charge in [0.2, 0.25) is 15.9 Å². The SMILES string of the molecule is Cc1nnn(Cc2cc(C#N)ccc2CCC(=O)N2CC3=C(C2)CN(C(=O)c2ccc(S(N)(=O)=O)cc2F)C3)n1. The van der Waals surface area contributed by atoms with E-state index in [1.54, 1.807) is 24.0 Å². The van der Waals surface area contributed by atoms with Crippen LogP contribution in [0.2, 0.25) is 0 Å². The zero-order chi connectivity index (χ0) is 28.6. The van der Waals surface area contributed by atoms with Crippen LogP contribution >= 0.6 is 0 Å². The molecule has 0 unspecified atom stereocenters. The first-order valence-electron chi connectivity index (χ1n) is 12.4. The fraction of sp³-hybridized carbons (Fsp3) is 0.308. The average Bonchev–Trinajstić information content (AvgIpc) is 3.61. The number of hydrogen-bond acceptors (Lipinski definition) is 8. The number of halogens is 1. The van der Waals surface area contributed by atoms with E-state index in [4.69, 9.17) is 5.14 Å². The Labute approximate surface area is 229 Å². The number of aryl methyl sites for hydroxylation is 2. The van der Waals surface area contributed by atoms with Crippen molar-refractivity contribution < 1.29 is 22.4 Å². The van der Waals surface area contributed by atoms with Crippen LogP contribution in [0, 0.1) is 24.1 Å². The number of carbonyl (C=O) groups excluding carboxylic acids is 2. The van der Waals surface area contributed by atoms with Crippen molar-refractivity contribution in [1.29, 1.82) is 5.26 Å². The van der Waals surface area contributed by atoms with Crippen LogP contribution in [0.4, 0.5) is 4.39 Å². The molecule has 2 aliphatic rings. The summed E-state index contributed by atoms with van der Waals surface area (Å²) < 4.78 is 37.4. The zero-order valence-electron chi connectivity index (χ0n) is 21.5. The van der Waals surface area contributed by atoms with Crippen LogP contribution in [-0.2, 0) is 27.8 Å². The molecule has 0 saturated carbocycles. The quantitative estimate of drug-likeness (QED) is 0.413. The van der Waals surface area contributed by atoms with E-state index in [0.29, 0.717) is 37.4 Å². The van der Waals surface area contributed by atoms with Crippen LogP contribution in [0.25, 0.3) is 0 Å². The number of sulfonamides is 1. The van der Waals surface area contributed by atoms with Crippen LogP contribution in [0.5, 0.6) is 0 Å². The molecular formula is C26H25FN8O4S. The Hall–Kier alpha value is -4.48. The Balaban J connectivity index is 1.18. The number of nitrogens with two attached hydrogens (primary N) is 1. The molecule has 14 heteroatoms. The highest BCUT2D eigenvalue weighted by Gasteiger charge is 2.35. The largest absolute Gasteiger partial charge is 0.335 e. The van der Waals surface area contributed by atoms with Crippen molar-refractivity contribution in [3.05, 3.63) is 81.4 Å². The number of benzene rings is 2. The third kappa shape index (κ3) is 5.61. The number of nitriles is 1. The Morgan fingerprint density at radius 2 is 1.75 bits per heavy atom. The molecule has 12 nitrogen and oxygen atoms in total. The number of aromatic nitrogens is 4. The van der Waals surface area contributed by atoms with Gasteiger partial charge in [-0.3, -0.25) is 9.59 Å². The molecule has 0 atom stereocenters. The Morgan fingerprint density at radius 3 is 2.35 bits per heavy atom. The van der Waals surface area contributed by atoms with E-state index >= 15 is 0 Å². The Kier molecular flexibility index (Phi) is 7.17. The predicted molar refractivity (Wildman–Crippen MR) is 138 cm³/mol. The fourth-order valence-corrected chi connectivity index (χ4v) is 5.47. The van der Waals surface area contributed by atoms with E-state index in [2.05, 4.69) is 21.5 Å². The molecule has 206 valence electrons. The Bertz CT molecular complexity index is 1690. The van der Waals surface area contributed by atoms with Crippen molar-refractivity contribution >= 4 is 21.8 Å². The summed E-state index contributed by atoms with van der Waals surface area (Å²) in [5, 5.41) is 26.4. The van der Waals surface area contributed by atoms with E-state index in [1.807, 2.05) is 6.07 Å². The lowest BCUT2D eigenvalue weighted by Crippen LogP contribution is -2.36. The van der Waals surface area contributed by atoms with Gasteiger partial charge in [-0.25, -0.2) is 17.9 Å². The fourth-order valence-electron chi connectivity index (χ4n) is 4.95. The topological polar surface area (TPSA) is 168 Å². The number of tetrazole rings is 1. The second-order valence-electron chi connectivity index (χ2n) is 9.77. The number of amides is 2. The lowest BCUT2D eigenvalue weighted by Gasteiger charge is -2.23. The van der Waals surface area contributed by atoms with E-state index in [1.165, 1.54) is 9.70 Å². The van der Waals surface area contributed by atoms with Crippen LogP contribution in [-0.4, -0.2) is 76.4 Å². The molecule has 0 saturated heterocycles. The first kappa shape index (κ1) is 27.1. The summed E-state index contributed by atoms with van der Waals surface area (Å²) in [7, 11) is -4.09. The molecule has 0 aliphatic carbocycles. The van der Waals surface area contributed by atoms with Crippen molar-refractivity contribution in [3.63, 3.8) is 0 Å². The molecule has 2 aliphatic heterocycles. The molecule has 40 heavy (non-hydrogen) atoms. The van der Waals surface area contributed by atoms with Gasteiger partial charge >= 0.3 is 0 Å². The number of primary sulfonamides is 1. The molecular weight excluding hydrogens is 539 g/mol. The van der Waals surface area contributed by atoms with E-state index in [0.717, 1.165) is 40.5 Å². The molecule has 2 aromatic carbocycles. The zero-order valence-corrected chi connectivity index (χ0v) is 22.4. The molecule has 0 radical (unpaired) electrons. The van der Waals surface area contributed by atoms with Gasteiger partial charge in [0.25, 0.3) is 5.91 Å². The van der Waals surface area contributed by atoms with Crippen molar-refractivity contribution in [3.8, 4) is 6.07 Å². The lowest BCUT2D eigenvalue weighted by atomic mass is 10.00. The summed E-state index contributed by atoms with van der Waals surface area (Å²) in [6, 6.07) is 10.4. The number of nitrogens with zero attached hydrogens (tertiary/aromatic N) is 7. The summed E-state index contributed by atoms with van der Waals surface area (Å²) in [4.78, 5) is 30.2. The van der Waals surface area contributed by atoms with Crippen LogP contribution in [0.15, 0.2) is 52.4 Å². The van der Waals surface area contributed by atoms with E-state index in [-0.39, 0.29) is 31.0 Å². The van der Waals surface area contributed by atoms with E-state index in [9.17, 15) is 27.7 Å². The second-order valence-corrected chi connectivity index (χ2v) is 11.3. The molecule has 2 amide bonds. The van der Waals surface area contributed by atoms with E-state index < -0.39 is 26.6 Å².